The number of nitrogens with one attached hydrogen (secondary N) is 3. The van der Waals surface area contributed by atoms with Gasteiger partial charge in [0.15, 0.2) is 0 Å². The largest absolute Gasteiger partial charge is 0.338 e. The number of aryl methyl sites for hydroxylation is 1. The minimum atomic E-state index is -0.793. The minimum absolute atomic E-state index is 0.0118. The van der Waals surface area contributed by atoms with E-state index in [2.05, 4.69) is 15.6 Å². The Hall–Kier alpha value is -3.74. The molecule has 0 spiro atoms. The van der Waals surface area contributed by atoms with Crippen molar-refractivity contribution in [2.24, 2.45) is 7.05 Å². The number of aromatic nitrogens is 3. The van der Waals surface area contributed by atoms with Crippen LogP contribution in [0.15, 0.2) is 56.8 Å². The van der Waals surface area contributed by atoms with E-state index >= 15 is 0 Å². The van der Waals surface area contributed by atoms with Gasteiger partial charge < -0.3 is 10.6 Å². The summed E-state index contributed by atoms with van der Waals surface area (Å²) in [6, 6.07) is 11.0. The normalized spacial score (nSPS) is 11.0. The van der Waals surface area contributed by atoms with Crippen LogP contribution in [0.1, 0.15) is 12.5 Å². The molecule has 0 aliphatic rings. The number of nitrogens with zero attached hydrogens (tertiary/aromatic N) is 2. The van der Waals surface area contributed by atoms with Crippen molar-refractivity contribution in [2.45, 2.75) is 13.8 Å². The second kappa shape index (κ2) is 8.89. The van der Waals surface area contributed by atoms with Crippen LogP contribution in [0.25, 0.3) is 16.6 Å². The maximum Gasteiger partial charge on any atom is 0.333 e. The molecule has 0 bridgehead atoms. The zero-order valence-electron chi connectivity index (χ0n) is 18.3. The fourth-order valence-corrected chi connectivity index (χ4v) is 4.25. The maximum atomic E-state index is 14.6. The third-order valence-electron chi connectivity index (χ3n) is 5.30. The molecule has 3 N–H and O–H groups in total. The van der Waals surface area contributed by atoms with Gasteiger partial charge in [0, 0.05) is 23.1 Å². The molecular weight excluding hydrogens is 556 g/mol. The topological polar surface area (TPSA) is 118 Å². The number of halogens is 2. The molecule has 9 nitrogen and oxygen atoms in total. The highest BCUT2D eigenvalue weighted by atomic mass is 127. The molecule has 11 heteroatoms. The molecule has 0 aliphatic carbocycles. The van der Waals surface area contributed by atoms with Gasteiger partial charge >= 0.3 is 5.69 Å². The van der Waals surface area contributed by atoms with Crippen LogP contribution >= 0.6 is 22.6 Å². The van der Waals surface area contributed by atoms with E-state index in [1.807, 2.05) is 22.6 Å². The highest BCUT2D eigenvalue weighted by Gasteiger charge is 2.22. The molecule has 34 heavy (non-hydrogen) atoms. The molecule has 2 heterocycles. The highest BCUT2D eigenvalue weighted by Crippen LogP contribution is 2.28. The number of anilines is 3. The first kappa shape index (κ1) is 23.4. The van der Waals surface area contributed by atoms with Gasteiger partial charge in [-0.25, -0.2) is 9.18 Å². The fourth-order valence-electron chi connectivity index (χ4n) is 3.79. The summed E-state index contributed by atoms with van der Waals surface area (Å²) in [4.78, 5) is 53.2. The molecule has 0 fully saturated rings. The summed E-state index contributed by atoms with van der Waals surface area (Å²) >= 11 is 1.97. The van der Waals surface area contributed by atoms with Crippen molar-refractivity contribution < 1.29 is 9.18 Å². The first-order valence-corrected chi connectivity index (χ1v) is 11.2. The lowest BCUT2D eigenvalue weighted by Crippen LogP contribution is -2.34. The smallest absolute Gasteiger partial charge is 0.333 e. The van der Waals surface area contributed by atoms with Crippen molar-refractivity contribution in [2.75, 3.05) is 10.6 Å². The van der Waals surface area contributed by atoms with Gasteiger partial charge in [-0.2, -0.15) is 0 Å². The number of H-pyrrole nitrogens is 1. The van der Waals surface area contributed by atoms with E-state index < -0.39 is 22.6 Å². The number of benzene rings is 2. The van der Waals surface area contributed by atoms with Crippen molar-refractivity contribution in [3.05, 3.63) is 88.6 Å². The van der Waals surface area contributed by atoms with Gasteiger partial charge in [0.25, 0.3) is 11.1 Å². The van der Waals surface area contributed by atoms with Crippen LogP contribution in [0.5, 0.6) is 0 Å². The third kappa shape index (κ3) is 4.02. The van der Waals surface area contributed by atoms with Gasteiger partial charge in [0.2, 0.25) is 5.91 Å². The molecule has 1 amide bonds. The Kier molecular flexibility index (Phi) is 6.13. The van der Waals surface area contributed by atoms with Crippen LogP contribution in [0.4, 0.5) is 21.6 Å². The van der Waals surface area contributed by atoms with Crippen LogP contribution < -0.4 is 27.4 Å². The molecule has 0 atom stereocenters. The van der Waals surface area contributed by atoms with E-state index in [1.54, 1.807) is 30.3 Å². The van der Waals surface area contributed by atoms with Gasteiger partial charge in [-0.1, -0.05) is 12.1 Å². The summed E-state index contributed by atoms with van der Waals surface area (Å²) < 4.78 is 17.6. The first-order chi connectivity index (χ1) is 16.1. The van der Waals surface area contributed by atoms with Gasteiger partial charge in [-0.3, -0.25) is 28.5 Å². The predicted octanol–water partition coefficient (Wildman–Crippen LogP) is 3.13. The van der Waals surface area contributed by atoms with Crippen molar-refractivity contribution in [3.8, 4) is 5.69 Å². The summed E-state index contributed by atoms with van der Waals surface area (Å²) in [7, 11) is 1.45. The standard InChI is InChI=1S/C23H19FIN5O4/c1-11-19-18(20(29(3)22(11)33)27-15-9-8-13(25)10-14(15)24)21(32)28-23(34)30(19)17-7-5-4-6-16(17)26-12(2)31/h4-10,27H,1-3H3,(H,26,31)(H,28,32,34). The zero-order chi connectivity index (χ0) is 24.7. The number of hydrogen-bond acceptors (Lipinski definition) is 5. The molecule has 2 aromatic carbocycles. The van der Waals surface area contributed by atoms with Crippen molar-refractivity contribution >= 4 is 56.6 Å². The average Bonchev–Trinajstić information content (AvgIpc) is 2.77. The fraction of sp³-hybridized carbons (Fsp3) is 0.130. The van der Waals surface area contributed by atoms with Crippen LogP contribution in [0.3, 0.4) is 0 Å². The number of amides is 1. The van der Waals surface area contributed by atoms with Crippen molar-refractivity contribution in [1.29, 1.82) is 0 Å². The lowest BCUT2D eigenvalue weighted by molar-refractivity contribution is -0.114. The summed E-state index contributed by atoms with van der Waals surface area (Å²) in [5.41, 5.74) is -1.24. The molecule has 4 aromatic rings. The summed E-state index contributed by atoms with van der Waals surface area (Å²) in [6.45, 7) is 2.82. The number of rotatable bonds is 4. The van der Waals surface area contributed by atoms with E-state index in [1.165, 1.54) is 37.6 Å². The molecule has 0 unspecified atom stereocenters. The number of hydrogen-bond donors (Lipinski definition) is 3. The molecule has 174 valence electrons. The van der Waals surface area contributed by atoms with Gasteiger partial charge in [-0.15, -0.1) is 0 Å². The highest BCUT2D eigenvalue weighted by molar-refractivity contribution is 14.1. The third-order valence-corrected chi connectivity index (χ3v) is 5.97. The number of para-hydroxylation sites is 2. The molecule has 0 saturated heterocycles. The summed E-state index contributed by atoms with van der Waals surface area (Å²) in [5.74, 6) is -0.926. The number of carbonyl (C=O) groups excluding carboxylic acids is 1. The first-order valence-electron chi connectivity index (χ1n) is 10.1. The quantitative estimate of drug-likeness (QED) is 0.324. The minimum Gasteiger partial charge on any atom is -0.338 e. The molecular formula is C23H19FIN5O4. The molecule has 0 aliphatic heterocycles. The average molecular weight is 575 g/mol. The summed E-state index contributed by atoms with van der Waals surface area (Å²) in [6.07, 6.45) is 0. The van der Waals surface area contributed by atoms with E-state index in [4.69, 9.17) is 0 Å². The zero-order valence-corrected chi connectivity index (χ0v) is 20.5. The summed E-state index contributed by atoms with van der Waals surface area (Å²) in [5, 5.41) is 5.48. The Labute approximate surface area is 205 Å². The second-order valence-corrected chi connectivity index (χ2v) is 8.85. The molecule has 0 saturated carbocycles. The molecule has 4 rings (SSSR count). The number of aromatic amines is 1. The molecule has 0 radical (unpaired) electrons. The monoisotopic (exact) mass is 575 g/mol. The Morgan fingerprint density at radius 3 is 2.47 bits per heavy atom. The van der Waals surface area contributed by atoms with Gasteiger partial charge in [0.1, 0.15) is 17.0 Å². The Morgan fingerprint density at radius 2 is 1.79 bits per heavy atom. The van der Waals surface area contributed by atoms with E-state index in [0.29, 0.717) is 9.26 Å². The Balaban J connectivity index is 2.13. The van der Waals surface area contributed by atoms with Gasteiger partial charge in [0.05, 0.1) is 22.6 Å². The van der Waals surface area contributed by atoms with Crippen LogP contribution in [0, 0.1) is 16.3 Å². The van der Waals surface area contributed by atoms with Crippen molar-refractivity contribution in [3.63, 3.8) is 0 Å². The molecule has 2 aromatic heterocycles. The van der Waals surface area contributed by atoms with E-state index in [0.717, 1.165) is 4.57 Å². The van der Waals surface area contributed by atoms with Crippen molar-refractivity contribution in [1.82, 2.24) is 14.1 Å². The number of fused-ring (bicyclic) bond motifs is 1. The van der Waals surface area contributed by atoms with Gasteiger partial charge in [-0.05, 0) is 59.8 Å². The Bertz CT molecular complexity index is 1650. The lowest BCUT2D eigenvalue weighted by atomic mass is 10.1. The Morgan fingerprint density at radius 1 is 1.09 bits per heavy atom. The predicted molar refractivity (Wildman–Crippen MR) is 137 cm³/mol. The second-order valence-electron chi connectivity index (χ2n) is 7.60. The SMILES string of the molecule is CC(=O)Nc1ccccc1-n1c(=O)[nH]c(=O)c2c(Nc3ccc(I)cc3F)n(C)c(=O)c(C)c21. The van der Waals surface area contributed by atoms with Crippen LogP contribution in [-0.2, 0) is 11.8 Å². The maximum absolute atomic E-state index is 14.6. The van der Waals surface area contributed by atoms with E-state index in [-0.39, 0.29) is 39.6 Å². The van der Waals surface area contributed by atoms with E-state index in [9.17, 15) is 23.6 Å². The van der Waals surface area contributed by atoms with Crippen LogP contribution in [-0.4, -0.2) is 20.0 Å². The lowest BCUT2D eigenvalue weighted by Gasteiger charge is -2.19. The van der Waals surface area contributed by atoms with Crippen LogP contribution in [0.2, 0.25) is 0 Å². The number of pyridine rings is 1. The number of carbonyl (C=O) groups is 1.